The fraction of sp³-hybridized carbons (Fsp3) is 0.333. The van der Waals surface area contributed by atoms with E-state index >= 15 is 0 Å². The number of nitrogens with one attached hydrogen (secondary N) is 1. The molecule has 0 saturated heterocycles. The molecular weight excluding hydrogens is 316 g/mol. The standard InChI is InChI=1S/C15H20N4O3S/c1-3-4-13(14-17-9-10-19(14)2)18-15(20)11-5-7-12(8-6-11)23(16,21)22/h5-10,13H,3-4H2,1-2H3,(H,18,20)(H2,16,21,22)/t13-/m1/s1. The van der Waals surface area contributed by atoms with E-state index in [-0.39, 0.29) is 16.8 Å². The maximum atomic E-state index is 12.4. The third-order valence-corrected chi connectivity index (χ3v) is 4.43. The number of carbonyl (C=O) groups excluding carboxylic acids is 1. The molecule has 3 N–H and O–H groups in total. The lowest BCUT2D eigenvalue weighted by molar-refractivity contribution is 0.0932. The molecule has 0 fully saturated rings. The van der Waals surface area contributed by atoms with E-state index < -0.39 is 10.0 Å². The van der Waals surface area contributed by atoms with Gasteiger partial charge in [0.2, 0.25) is 10.0 Å². The van der Waals surface area contributed by atoms with Gasteiger partial charge in [0.05, 0.1) is 10.9 Å². The van der Waals surface area contributed by atoms with Crippen LogP contribution in [0.4, 0.5) is 0 Å². The van der Waals surface area contributed by atoms with Gasteiger partial charge in [0.15, 0.2) is 0 Å². The number of primary sulfonamides is 1. The molecule has 0 aliphatic heterocycles. The summed E-state index contributed by atoms with van der Waals surface area (Å²) in [5.74, 6) is 0.494. The maximum absolute atomic E-state index is 12.4. The largest absolute Gasteiger partial charge is 0.342 e. The van der Waals surface area contributed by atoms with Gasteiger partial charge < -0.3 is 9.88 Å². The Morgan fingerprint density at radius 2 is 2.00 bits per heavy atom. The number of nitrogens with two attached hydrogens (primary N) is 1. The average Bonchev–Trinajstić information content (AvgIpc) is 2.92. The molecule has 23 heavy (non-hydrogen) atoms. The highest BCUT2D eigenvalue weighted by Crippen LogP contribution is 2.17. The normalized spacial score (nSPS) is 12.8. The van der Waals surface area contributed by atoms with Crippen molar-refractivity contribution in [2.24, 2.45) is 12.2 Å². The van der Waals surface area contributed by atoms with Crippen molar-refractivity contribution in [2.75, 3.05) is 0 Å². The first-order valence-electron chi connectivity index (χ1n) is 7.24. The van der Waals surface area contributed by atoms with Crippen molar-refractivity contribution in [1.82, 2.24) is 14.9 Å². The molecule has 1 aromatic carbocycles. The summed E-state index contributed by atoms with van der Waals surface area (Å²) in [7, 11) is -1.89. The number of sulfonamides is 1. The van der Waals surface area contributed by atoms with E-state index in [4.69, 9.17) is 5.14 Å². The van der Waals surface area contributed by atoms with Gasteiger partial charge in [-0.3, -0.25) is 4.79 Å². The summed E-state index contributed by atoms with van der Waals surface area (Å²) in [6, 6.07) is 5.32. The Hall–Kier alpha value is -2.19. The van der Waals surface area contributed by atoms with E-state index in [1.807, 2.05) is 24.7 Å². The Balaban J connectivity index is 2.17. The molecule has 7 nitrogen and oxygen atoms in total. The second-order valence-electron chi connectivity index (χ2n) is 5.28. The zero-order valence-corrected chi connectivity index (χ0v) is 13.9. The minimum Gasteiger partial charge on any atom is -0.342 e. The van der Waals surface area contributed by atoms with Crippen LogP contribution in [0.15, 0.2) is 41.6 Å². The molecule has 124 valence electrons. The third kappa shape index (κ3) is 4.17. The van der Waals surface area contributed by atoms with Crippen molar-refractivity contribution in [3.8, 4) is 0 Å². The Morgan fingerprint density at radius 1 is 1.35 bits per heavy atom. The van der Waals surface area contributed by atoms with Crippen LogP contribution in [0.25, 0.3) is 0 Å². The summed E-state index contributed by atoms with van der Waals surface area (Å²) in [4.78, 5) is 16.6. The second-order valence-corrected chi connectivity index (χ2v) is 6.84. The van der Waals surface area contributed by atoms with E-state index in [1.165, 1.54) is 24.3 Å². The van der Waals surface area contributed by atoms with Crippen molar-refractivity contribution in [3.05, 3.63) is 48.0 Å². The maximum Gasteiger partial charge on any atom is 0.251 e. The Morgan fingerprint density at radius 3 is 2.48 bits per heavy atom. The molecule has 1 heterocycles. The van der Waals surface area contributed by atoms with E-state index in [0.717, 1.165) is 18.7 Å². The van der Waals surface area contributed by atoms with Crippen LogP contribution in [0.1, 0.15) is 42.0 Å². The van der Waals surface area contributed by atoms with Crippen LogP contribution < -0.4 is 10.5 Å². The number of nitrogens with zero attached hydrogens (tertiary/aromatic N) is 2. The highest BCUT2D eigenvalue weighted by molar-refractivity contribution is 7.89. The van der Waals surface area contributed by atoms with Gasteiger partial charge in [0, 0.05) is 25.0 Å². The lowest BCUT2D eigenvalue weighted by atomic mass is 10.1. The predicted octanol–water partition coefficient (Wildman–Crippen LogP) is 1.34. The predicted molar refractivity (Wildman–Crippen MR) is 86.1 cm³/mol. The monoisotopic (exact) mass is 336 g/mol. The number of hydrogen-bond acceptors (Lipinski definition) is 4. The van der Waals surface area contributed by atoms with E-state index in [1.54, 1.807) is 6.20 Å². The fourth-order valence-electron chi connectivity index (χ4n) is 2.30. The smallest absolute Gasteiger partial charge is 0.251 e. The number of hydrogen-bond donors (Lipinski definition) is 2. The van der Waals surface area contributed by atoms with Gasteiger partial charge in [-0.2, -0.15) is 0 Å². The van der Waals surface area contributed by atoms with Gasteiger partial charge >= 0.3 is 0 Å². The van der Waals surface area contributed by atoms with Crippen LogP contribution in [-0.2, 0) is 17.1 Å². The van der Waals surface area contributed by atoms with Crippen molar-refractivity contribution in [1.29, 1.82) is 0 Å². The van der Waals surface area contributed by atoms with Crippen molar-refractivity contribution < 1.29 is 13.2 Å². The number of aryl methyl sites for hydroxylation is 1. The lowest BCUT2D eigenvalue weighted by Gasteiger charge is -2.18. The Kier molecular flexibility index (Phi) is 5.17. The first kappa shape index (κ1) is 17.2. The van der Waals surface area contributed by atoms with Crippen LogP contribution in [0.5, 0.6) is 0 Å². The summed E-state index contributed by atoms with van der Waals surface area (Å²) in [5, 5.41) is 7.98. The number of carbonyl (C=O) groups is 1. The molecule has 2 aromatic rings. The molecule has 0 spiro atoms. The summed E-state index contributed by atoms with van der Waals surface area (Å²) >= 11 is 0. The van der Waals surface area contributed by atoms with Crippen LogP contribution >= 0.6 is 0 Å². The van der Waals surface area contributed by atoms with Gasteiger partial charge in [-0.15, -0.1) is 0 Å². The number of imidazole rings is 1. The highest BCUT2D eigenvalue weighted by atomic mass is 32.2. The first-order valence-corrected chi connectivity index (χ1v) is 8.78. The van der Waals surface area contributed by atoms with Gasteiger partial charge in [0.1, 0.15) is 5.82 Å². The molecule has 0 unspecified atom stereocenters. The molecule has 1 atom stereocenters. The lowest BCUT2D eigenvalue weighted by Crippen LogP contribution is -2.30. The van der Waals surface area contributed by atoms with E-state index in [9.17, 15) is 13.2 Å². The van der Waals surface area contributed by atoms with Gasteiger partial charge in [0.25, 0.3) is 5.91 Å². The number of benzene rings is 1. The molecule has 0 aliphatic rings. The Bertz CT molecular complexity index is 781. The zero-order chi connectivity index (χ0) is 17.0. The van der Waals surface area contributed by atoms with Crippen LogP contribution in [0.3, 0.4) is 0 Å². The third-order valence-electron chi connectivity index (χ3n) is 3.50. The van der Waals surface area contributed by atoms with Crippen LogP contribution in [0.2, 0.25) is 0 Å². The van der Waals surface area contributed by atoms with Gasteiger partial charge in [-0.1, -0.05) is 13.3 Å². The van der Waals surface area contributed by atoms with Crippen molar-refractivity contribution in [3.63, 3.8) is 0 Å². The molecule has 0 aliphatic carbocycles. The molecule has 2 rings (SSSR count). The molecule has 0 radical (unpaired) electrons. The summed E-state index contributed by atoms with van der Waals surface area (Å²) in [5.41, 5.74) is 0.368. The number of aromatic nitrogens is 2. The SMILES string of the molecule is CCC[C@@H](NC(=O)c1ccc(S(N)(=O)=O)cc1)c1nccn1C. The highest BCUT2D eigenvalue weighted by Gasteiger charge is 2.19. The molecule has 0 saturated carbocycles. The van der Waals surface area contributed by atoms with E-state index in [2.05, 4.69) is 10.3 Å². The number of rotatable bonds is 6. The first-order chi connectivity index (χ1) is 10.8. The Labute approximate surface area is 135 Å². The molecule has 8 heteroatoms. The number of amides is 1. The second kappa shape index (κ2) is 6.93. The zero-order valence-electron chi connectivity index (χ0n) is 13.1. The summed E-state index contributed by atoms with van der Waals surface area (Å²) < 4.78 is 24.3. The fourth-order valence-corrected chi connectivity index (χ4v) is 2.82. The summed E-state index contributed by atoms with van der Waals surface area (Å²) in [6.07, 6.45) is 5.16. The average molecular weight is 336 g/mol. The van der Waals surface area contributed by atoms with Crippen molar-refractivity contribution >= 4 is 15.9 Å². The van der Waals surface area contributed by atoms with Crippen molar-refractivity contribution in [2.45, 2.75) is 30.7 Å². The molecular formula is C15H20N4O3S. The van der Waals surface area contributed by atoms with Gasteiger partial charge in [-0.05, 0) is 30.7 Å². The van der Waals surface area contributed by atoms with Crippen LogP contribution in [-0.4, -0.2) is 23.9 Å². The summed E-state index contributed by atoms with van der Waals surface area (Å²) in [6.45, 7) is 2.03. The minimum atomic E-state index is -3.76. The molecule has 1 aromatic heterocycles. The van der Waals surface area contributed by atoms with Gasteiger partial charge in [-0.25, -0.2) is 18.5 Å². The topological polar surface area (TPSA) is 107 Å². The minimum absolute atomic E-state index is 0.0248. The molecule has 1 amide bonds. The van der Waals surface area contributed by atoms with E-state index in [0.29, 0.717) is 5.56 Å². The molecule has 0 bridgehead atoms. The van der Waals surface area contributed by atoms with Crippen LogP contribution in [0, 0.1) is 0 Å². The quantitative estimate of drug-likeness (QED) is 0.830.